The highest BCUT2D eigenvalue weighted by molar-refractivity contribution is 6.74. The van der Waals surface area contributed by atoms with Crippen LogP contribution in [0.4, 0.5) is 0 Å². The van der Waals surface area contributed by atoms with E-state index in [1.165, 1.54) is 5.56 Å². The molecule has 0 radical (unpaired) electrons. The highest BCUT2D eigenvalue weighted by Gasteiger charge is 2.48. The molecule has 0 amide bonds. The van der Waals surface area contributed by atoms with Crippen molar-refractivity contribution in [2.75, 3.05) is 13.2 Å². The Kier molecular flexibility index (Phi) is 7.83. The molecule has 0 bridgehead atoms. The lowest BCUT2D eigenvalue weighted by molar-refractivity contribution is 0.0551. The maximum absolute atomic E-state index is 9.39. The van der Waals surface area contributed by atoms with Crippen LogP contribution in [0.15, 0.2) is 43.0 Å². The molecule has 4 nitrogen and oxygen atoms in total. The fourth-order valence-electron chi connectivity index (χ4n) is 2.99. The maximum atomic E-state index is 9.39. The van der Waals surface area contributed by atoms with Crippen LogP contribution in [0.25, 0.3) is 0 Å². The molecule has 27 heavy (non-hydrogen) atoms. The molecule has 1 aliphatic heterocycles. The van der Waals surface area contributed by atoms with Crippen molar-refractivity contribution < 1.29 is 19.0 Å². The van der Waals surface area contributed by atoms with Gasteiger partial charge in [-0.25, -0.2) is 0 Å². The van der Waals surface area contributed by atoms with Crippen LogP contribution < -0.4 is 0 Å². The zero-order chi connectivity index (χ0) is 20.1. The Balaban J connectivity index is 1.99. The molecule has 2 rings (SSSR count). The van der Waals surface area contributed by atoms with E-state index in [9.17, 15) is 5.11 Å². The molecule has 1 fully saturated rings. The minimum Gasteiger partial charge on any atom is -0.413 e. The number of aliphatic hydroxyl groups is 1. The Hall–Kier alpha value is -0.983. The summed E-state index contributed by atoms with van der Waals surface area (Å²) in [5.74, 6) is 0.0663. The highest BCUT2D eigenvalue weighted by Crippen LogP contribution is 2.41. The number of aliphatic hydroxyl groups excluding tert-OH is 1. The second-order valence-electron chi connectivity index (χ2n) is 8.88. The average molecular weight is 393 g/mol. The van der Waals surface area contributed by atoms with Crippen molar-refractivity contribution >= 4 is 8.32 Å². The molecule has 1 aliphatic rings. The molecule has 1 heterocycles. The average Bonchev–Trinajstić information content (AvgIpc) is 3.38. The van der Waals surface area contributed by atoms with E-state index >= 15 is 0 Å². The van der Waals surface area contributed by atoms with Crippen LogP contribution in [-0.4, -0.2) is 44.9 Å². The molecule has 152 valence electrons. The lowest BCUT2D eigenvalue weighted by Crippen LogP contribution is -2.46. The predicted octanol–water partition coefficient (Wildman–Crippen LogP) is 4.55. The molecule has 5 heteroatoms. The molecular weight excluding hydrogens is 356 g/mol. The molecule has 1 aromatic rings. The summed E-state index contributed by atoms with van der Waals surface area (Å²) in [6, 6.07) is 10.2. The summed E-state index contributed by atoms with van der Waals surface area (Å²) < 4.78 is 18.3. The molecule has 0 spiro atoms. The van der Waals surface area contributed by atoms with Crippen molar-refractivity contribution in [2.45, 2.75) is 70.2 Å². The van der Waals surface area contributed by atoms with E-state index in [2.05, 4.69) is 52.6 Å². The Morgan fingerprint density at radius 1 is 1.26 bits per heavy atom. The first-order valence-corrected chi connectivity index (χ1v) is 12.8. The van der Waals surface area contributed by atoms with Crippen molar-refractivity contribution in [3.8, 4) is 0 Å². The van der Waals surface area contributed by atoms with Gasteiger partial charge >= 0.3 is 0 Å². The number of hydrogen-bond donors (Lipinski definition) is 1. The molecule has 0 aliphatic carbocycles. The molecule has 0 saturated carbocycles. The summed E-state index contributed by atoms with van der Waals surface area (Å²) in [6.07, 6.45) is 2.60. The van der Waals surface area contributed by atoms with E-state index in [-0.39, 0.29) is 35.9 Å². The van der Waals surface area contributed by atoms with Gasteiger partial charge in [-0.1, -0.05) is 57.2 Å². The third kappa shape index (κ3) is 6.26. The monoisotopic (exact) mass is 392 g/mol. The fraction of sp³-hybridized carbons (Fsp3) is 0.636. The van der Waals surface area contributed by atoms with Crippen LogP contribution in [-0.2, 0) is 20.5 Å². The SMILES string of the molecule is C=C[C@@H]([C@H]1O[C@@H]1CO)[C@H](CCOCc1ccccc1)O[Si](C)(C)C(C)(C)C. The van der Waals surface area contributed by atoms with Gasteiger partial charge in [0.15, 0.2) is 8.32 Å². The molecular formula is C22H36O4Si. The highest BCUT2D eigenvalue weighted by atomic mass is 28.4. The molecule has 1 saturated heterocycles. The van der Waals surface area contributed by atoms with Gasteiger partial charge in [-0.2, -0.15) is 0 Å². The Morgan fingerprint density at radius 2 is 1.93 bits per heavy atom. The lowest BCUT2D eigenvalue weighted by atomic mass is 9.95. The Morgan fingerprint density at radius 3 is 2.44 bits per heavy atom. The largest absolute Gasteiger partial charge is 0.413 e. The normalized spacial score (nSPS) is 22.3. The maximum Gasteiger partial charge on any atom is 0.192 e. The summed E-state index contributed by atoms with van der Waals surface area (Å²) in [7, 11) is -1.94. The van der Waals surface area contributed by atoms with Gasteiger partial charge in [0.1, 0.15) is 6.10 Å². The molecule has 1 N–H and O–H groups in total. The first kappa shape index (κ1) is 22.3. The van der Waals surface area contributed by atoms with Crippen molar-refractivity contribution in [3.63, 3.8) is 0 Å². The van der Waals surface area contributed by atoms with Crippen molar-refractivity contribution in [1.82, 2.24) is 0 Å². The number of ether oxygens (including phenoxy) is 2. The summed E-state index contributed by atoms with van der Waals surface area (Å²) in [5, 5.41) is 9.52. The molecule has 0 unspecified atom stereocenters. The summed E-state index contributed by atoms with van der Waals surface area (Å²) >= 11 is 0. The van der Waals surface area contributed by atoms with Gasteiger partial charge in [0.05, 0.1) is 25.4 Å². The van der Waals surface area contributed by atoms with E-state index in [0.717, 1.165) is 6.42 Å². The van der Waals surface area contributed by atoms with Crippen LogP contribution in [0.2, 0.25) is 18.1 Å². The van der Waals surface area contributed by atoms with Crippen molar-refractivity contribution in [3.05, 3.63) is 48.6 Å². The number of hydrogen-bond acceptors (Lipinski definition) is 4. The zero-order valence-corrected chi connectivity index (χ0v) is 18.5. The second kappa shape index (κ2) is 9.48. The van der Waals surface area contributed by atoms with Crippen LogP contribution in [0.3, 0.4) is 0 Å². The van der Waals surface area contributed by atoms with Crippen LogP contribution >= 0.6 is 0 Å². The van der Waals surface area contributed by atoms with Gasteiger partial charge in [-0.3, -0.25) is 0 Å². The standard InChI is InChI=1S/C22H36O4Si/c1-7-18(21-20(15-23)25-21)19(26-27(5,6)22(2,3)4)13-14-24-16-17-11-9-8-10-12-17/h7-12,18-21,23H,1,13-16H2,2-6H3/t18-,19+,20-,21-/m1/s1. The van der Waals surface area contributed by atoms with E-state index < -0.39 is 8.32 Å². The summed E-state index contributed by atoms with van der Waals surface area (Å²) in [5.41, 5.74) is 1.17. The van der Waals surface area contributed by atoms with Crippen LogP contribution in [0, 0.1) is 5.92 Å². The van der Waals surface area contributed by atoms with E-state index in [0.29, 0.717) is 13.2 Å². The fourth-order valence-corrected chi connectivity index (χ4v) is 4.37. The molecule has 4 atom stereocenters. The third-order valence-electron chi connectivity index (χ3n) is 5.79. The van der Waals surface area contributed by atoms with Gasteiger partial charge in [-0.05, 0) is 30.1 Å². The smallest absolute Gasteiger partial charge is 0.192 e. The second-order valence-corrected chi connectivity index (χ2v) is 13.6. The van der Waals surface area contributed by atoms with Gasteiger partial charge in [0.25, 0.3) is 0 Å². The molecule has 1 aromatic carbocycles. The first-order valence-electron chi connectivity index (χ1n) is 9.88. The lowest BCUT2D eigenvalue weighted by Gasteiger charge is -2.41. The predicted molar refractivity (Wildman–Crippen MR) is 112 cm³/mol. The van der Waals surface area contributed by atoms with Gasteiger partial charge in [0, 0.05) is 12.5 Å². The number of benzene rings is 1. The zero-order valence-electron chi connectivity index (χ0n) is 17.5. The first-order chi connectivity index (χ1) is 12.7. The third-order valence-corrected chi connectivity index (χ3v) is 10.3. The van der Waals surface area contributed by atoms with Crippen molar-refractivity contribution in [2.24, 2.45) is 5.92 Å². The Labute approximate surface area is 165 Å². The van der Waals surface area contributed by atoms with Gasteiger partial charge in [-0.15, -0.1) is 6.58 Å². The Bertz CT molecular complexity index is 582. The van der Waals surface area contributed by atoms with E-state index in [4.69, 9.17) is 13.9 Å². The van der Waals surface area contributed by atoms with E-state index in [1.807, 2.05) is 24.3 Å². The quantitative estimate of drug-likeness (QED) is 0.260. The van der Waals surface area contributed by atoms with E-state index in [1.54, 1.807) is 0 Å². The minimum absolute atomic E-state index is 0.00334. The molecule has 0 aromatic heterocycles. The minimum atomic E-state index is -1.94. The van der Waals surface area contributed by atoms with Gasteiger partial charge < -0.3 is 19.0 Å². The number of epoxide rings is 1. The topological polar surface area (TPSA) is 51.2 Å². The van der Waals surface area contributed by atoms with Crippen LogP contribution in [0.1, 0.15) is 32.8 Å². The van der Waals surface area contributed by atoms with Gasteiger partial charge in [0.2, 0.25) is 0 Å². The van der Waals surface area contributed by atoms with Crippen molar-refractivity contribution in [1.29, 1.82) is 0 Å². The van der Waals surface area contributed by atoms with Crippen LogP contribution in [0.5, 0.6) is 0 Å². The summed E-state index contributed by atoms with van der Waals surface area (Å²) in [6.45, 7) is 16.6. The summed E-state index contributed by atoms with van der Waals surface area (Å²) in [4.78, 5) is 0. The number of rotatable bonds is 11.